The van der Waals surface area contributed by atoms with Crippen molar-refractivity contribution in [2.45, 2.75) is 6.92 Å². The van der Waals surface area contributed by atoms with Crippen molar-refractivity contribution in [3.8, 4) is 5.75 Å². The molecule has 0 aliphatic rings. The molecule has 0 saturated carbocycles. The summed E-state index contributed by atoms with van der Waals surface area (Å²) in [6, 6.07) is 11.4. The lowest BCUT2D eigenvalue weighted by Gasteiger charge is -2.06. The highest BCUT2D eigenvalue weighted by Crippen LogP contribution is 2.23. The van der Waals surface area contributed by atoms with Crippen molar-refractivity contribution in [3.63, 3.8) is 0 Å². The van der Waals surface area contributed by atoms with Gasteiger partial charge in [-0.1, -0.05) is 23.2 Å². The van der Waals surface area contributed by atoms with Gasteiger partial charge in [-0.05, 0) is 55.0 Å². The van der Waals surface area contributed by atoms with Crippen molar-refractivity contribution >= 4 is 41.3 Å². The predicted molar refractivity (Wildman–Crippen MR) is 102 cm³/mol. The number of anilines is 1. The average molecular weight is 389 g/mol. The van der Waals surface area contributed by atoms with Gasteiger partial charge in [-0.25, -0.2) is 14.5 Å². The van der Waals surface area contributed by atoms with Gasteiger partial charge in [0.25, 0.3) is 0 Å². The van der Waals surface area contributed by atoms with Crippen LogP contribution in [0.25, 0.3) is 0 Å². The molecule has 26 heavy (non-hydrogen) atoms. The van der Waals surface area contributed by atoms with E-state index in [9.17, 15) is 4.79 Å². The van der Waals surface area contributed by atoms with Gasteiger partial charge in [0.05, 0.1) is 28.7 Å². The molecule has 8 heteroatoms. The third kappa shape index (κ3) is 4.22. The first kappa shape index (κ1) is 18.0. The van der Waals surface area contributed by atoms with Crippen LogP contribution in [0.5, 0.6) is 5.75 Å². The molecule has 0 saturated heterocycles. The number of rotatable bonds is 4. The van der Waals surface area contributed by atoms with Gasteiger partial charge in [-0.2, -0.15) is 5.10 Å². The van der Waals surface area contributed by atoms with Crippen molar-refractivity contribution in [3.05, 3.63) is 75.5 Å². The number of benzene rings is 2. The molecular weight excluding hydrogens is 375 g/mol. The Balaban J connectivity index is 1.69. The highest BCUT2D eigenvalue weighted by molar-refractivity contribution is 6.36. The molecule has 2 aromatic carbocycles. The van der Waals surface area contributed by atoms with Gasteiger partial charge >= 0.3 is 5.97 Å². The first-order valence-electron chi connectivity index (χ1n) is 7.55. The Hall–Kier alpha value is -2.83. The lowest BCUT2D eigenvalue weighted by Crippen LogP contribution is -2.09. The number of imidazole rings is 1. The molecule has 2 N–H and O–H groups in total. The fourth-order valence-electron chi connectivity index (χ4n) is 2.16. The molecule has 1 heterocycles. The van der Waals surface area contributed by atoms with Gasteiger partial charge in [-0.3, -0.25) is 0 Å². The number of aromatic nitrogens is 2. The summed E-state index contributed by atoms with van der Waals surface area (Å²) in [5, 5.41) is 4.91. The van der Waals surface area contributed by atoms with E-state index in [0.717, 1.165) is 11.3 Å². The molecule has 0 amide bonds. The fourth-order valence-corrected chi connectivity index (χ4v) is 2.65. The zero-order valence-electron chi connectivity index (χ0n) is 13.7. The fraction of sp³-hybridized carbons (Fsp3) is 0.0556. The van der Waals surface area contributed by atoms with Crippen LogP contribution in [0.15, 0.2) is 53.8 Å². The zero-order valence-corrected chi connectivity index (χ0v) is 15.2. The summed E-state index contributed by atoms with van der Waals surface area (Å²) in [6.07, 6.45) is 3.34. The van der Waals surface area contributed by atoms with Gasteiger partial charge < -0.3 is 10.5 Å². The van der Waals surface area contributed by atoms with Crippen molar-refractivity contribution < 1.29 is 9.53 Å². The van der Waals surface area contributed by atoms with Crippen LogP contribution in [0.1, 0.15) is 21.6 Å². The Labute approximate surface area is 159 Å². The number of ether oxygens (including phenoxy) is 1. The van der Waals surface area contributed by atoms with Gasteiger partial charge in [0, 0.05) is 5.02 Å². The first-order valence-corrected chi connectivity index (χ1v) is 8.31. The molecular formula is C18H14Cl2N4O2. The van der Waals surface area contributed by atoms with Crippen LogP contribution in [0.3, 0.4) is 0 Å². The molecule has 0 aliphatic heterocycles. The second kappa shape index (κ2) is 7.59. The Morgan fingerprint density at radius 3 is 2.58 bits per heavy atom. The van der Waals surface area contributed by atoms with Crippen molar-refractivity contribution in [2.24, 2.45) is 5.10 Å². The summed E-state index contributed by atoms with van der Waals surface area (Å²) in [7, 11) is 0. The molecule has 0 fully saturated rings. The Kier molecular flexibility index (Phi) is 5.25. The third-order valence-electron chi connectivity index (χ3n) is 3.41. The summed E-state index contributed by atoms with van der Waals surface area (Å²) in [6.45, 7) is 1.83. The van der Waals surface area contributed by atoms with Gasteiger partial charge in [-0.15, -0.1) is 0 Å². The molecule has 0 bridgehead atoms. The maximum Gasteiger partial charge on any atom is 0.345 e. The monoisotopic (exact) mass is 388 g/mol. The van der Waals surface area contributed by atoms with Crippen molar-refractivity contribution in [2.75, 3.05) is 5.73 Å². The van der Waals surface area contributed by atoms with Gasteiger partial charge in [0.15, 0.2) is 0 Å². The average Bonchev–Trinajstić information content (AvgIpc) is 2.91. The number of hydrogen-bond acceptors (Lipinski definition) is 5. The number of aryl methyl sites for hydroxylation is 1. The number of halogens is 2. The molecule has 0 spiro atoms. The van der Waals surface area contributed by atoms with E-state index in [4.69, 9.17) is 33.7 Å². The van der Waals surface area contributed by atoms with E-state index in [0.29, 0.717) is 16.7 Å². The van der Waals surface area contributed by atoms with E-state index < -0.39 is 5.97 Å². The first-order chi connectivity index (χ1) is 12.4. The van der Waals surface area contributed by atoms with E-state index in [1.807, 2.05) is 6.92 Å². The quantitative estimate of drug-likeness (QED) is 0.412. The number of carbonyl (C=O) groups excluding carboxylic acids is 1. The number of esters is 1. The predicted octanol–water partition coefficient (Wildman–Crippen LogP) is 4.18. The Bertz CT molecular complexity index is 981. The highest BCUT2D eigenvalue weighted by Gasteiger charge is 2.13. The molecule has 3 aromatic rings. The molecule has 1 aromatic heterocycles. The third-order valence-corrected chi connectivity index (χ3v) is 3.96. The summed E-state index contributed by atoms with van der Waals surface area (Å²) in [5.74, 6) is 0.134. The van der Waals surface area contributed by atoms with E-state index in [-0.39, 0.29) is 10.6 Å². The number of carbonyl (C=O) groups is 1. The number of hydrogen-bond donors (Lipinski definition) is 1. The van der Waals surface area contributed by atoms with Gasteiger partial charge in [0.1, 0.15) is 5.75 Å². The summed E-state index contributed by atoms with van der Waals surface area (Å²) in [5.41, 5.74) is 7.55. The van der Waals surface area contributed by atoms with Crippen LogP contribution in [0, 0.1) is 6.92 Å². The lowest BCUT2D eigenvalue weighted by atomic mass is 10.2. The van der Waals surface area contributed by atoms with E-state index in [1.165, 1.54) is 16.8 Å². The smallest absolute Gasteiger partial charge is 0.345 e. The van der Waals surface area contributed by atoms with E-state index >= 15 is 0 Å². The van der Waals surface area contributed by atoms with Crippen molar-refractivity contribution in [1.82, 2.24) is 9.66 Å². The molecule has 0 radical (unpaired) electrons. The van der Waals surface area contributed by atoms with Crippen LogP contribution in [0.2, 0.25) is 10.0 Å². The summed E-state index contributed by atoms with van der Waals surface area (Å²) in [4.78, 5) is 16.2. The molecule has 0 unspecified atom stereocenters. The standard InChI is InChI=1S/C18H14Cl2N4O2/c1-11-10-24(18(21)23-11)22-9-12-2-5-14(6-3-12)26-17(25)15-7-4-13(19)8-16(15)20/h2-10H,1H3,(H2,21,23). The molecule has 132 valence electrons. The van der Waals surface area contributed by atoms with Crippen LogP contribution in [0.4, 0.5) is 5.95 Å². The van der Waals surface area contributed by atoms with Crippen molar-refractivity contribution in [1.29, 1.82) is 0 Å². The van der Waals surface area contributed by atoms with Gasteiger partial charge in [0.2, 0.25) is 5.95 Å². The minimum absolute atomic E-state index is 0.236. The zero-order chi connectivity index (χ0) is 18.7. The second-order valence-electron chi connectivity index (χ2n) is 5.41. The molecule has 0 atom stereocenters. The van der Waals surface area contributed by atoms with Crippen LogP contribution < -0.4 is 10.5 Å². The maximum absolute atomic E-state index is 12.2. The highest BCUT2D eigenvalue weighted by atomic mass is 35.5. The number of nitrogens with two attached hydrogens (primary N) is 1. The molecule has 0 aliphatic carbocycles. The number of nitrogen functional groups attached to an aromatic ring is 1. The Morgan fingerprint density at radius 2 is 1.96 bits per heavy atom. The maximum atomic E-state index is 12.2. The lowest BCUT2D eigenvalue weighted by molar-refractivity contribution is 0.0735. The molecule has 6 nitrogen and oxygen atoms in total. The summed E-state index contributed by atoms with van der Waals surface area (Å²) >= 11 is 11.8. The van der Waals surface area contributed by atoms with Crippen LogP contribution in [-0.2, 0) is 0 Å². The number of nitrogens with zero attached hydrogens (tertiary/aromatic N) is 3. The largest absolute Gasteiger partial charge is 0.423 e. The minimum atomic E-state index is -0.560. The van der Waals surface area contributed by atoms with Crippen LogP contribution >= 0.6 is 23.2 Å². The summed E-state index contributed by atoms with van der Waals surface area (Å²) < 4.78 is 6.79. The topological polar surface area (TPSA) is 82.5 Å². The van der Waals surface area contributed by atoms with E-state index in [2.05, 4.69) is 10.1 Å². The Morgan fingerprint density at radius 1 is 1.23 bits per heavy atom. The minimum Gasteiger partial charge on any atom is -0.423 e. The van der Waals surface area contributed by atoms with E-state index in [1.54, 1.807) is 42.7 Å². The second-order valence-corrected chi connectivity index (χ2v) is 6.26. The van der Waals surface area contributed by atoms with Crippen LogP contribution in [-0.4, -0.2) is 21.8 Å². The SMILES string of the molecule is Cc1cn(N=Cc2ccc(OC(=O)c3ccc(Cl)cc3Cl)cc2)c(N)n1. The molecule has 3 rings (SSSR count). The normalized spacial score (nSPS) is 11.0.